The third-order valence-electron chi connectivity index (χ3n) is 2.04. The number of amides is 2. The van der Waals surface area contributed by atoms with Crippen molar-refractivity contribution in [3.05, 3.63) is 41.7 Å². The lowest BCUT2D eigenvalue weighted by Crippen LogP contribution is -2.29. The number of rotatable bonds is 1. The minimum Gasteiger partial charge on any atom is -0.269 e. The smallest absolute Gasteiger partial charge is 0.258 e. The van der Waals surface area contributed by atoms with Crippen LogP contribution in [0, 0.1) is 17.5 Å². The van der Waals surface area contributed by atoms with E-state index in [-0.39, 0.29) is 5.69 Å². The Balaban J connectivity index is 2.50. The normalized spacial score (nSPS) is 15.1. The molecule has 0 N–H and O–H groups in total. The number of hydrogen-bond acceptors (Lipinski definition) is 2. The van der Waals surface area contributed by atoms with Gasteiger partial charge in [0.2, 0.25) is 0 Å². The summed E-state index contributed by atoms with van der Waals surface area (Å²) in [7, 11) is 0. The molecule has 0 saturated heterocycles. The first-order valence-electron chi connectivity index (χ1n) is 4.21. The van der Waals surface area contributed by atoms with Crippen molar-refractivity contribution in [2.75, 3.05) is 4.90 Å². The van der Waals surface area contributed by atoms with E-state index in [9.17, 15) is 22.8 Å². The molecule has 0 fully saturated rings. The molecule has 1 heterocycles. The number of nitrogens with zero attached hydrogens (tertiary/aromatic N) is 1. The summed E-state index contributed by atoms with van der Waals surface area (Å²) < 4.78 is 38.4. The highest BCUT2D eigenvalue weighted by Crippen LogP contribution is 2.23. The van der Waals surface area contributed by atoms with Crippen LogP contribution in [0.15, 0.2) is 24.3 Å². The lowest BCUT2D eigenvalue weighted by Gasteiger charge is -2.13. The summed E-state index contributed by atoms with van der Waals surface area (Å²) in [5.41, 5.74) is -0.337. The van der Waals surface area contributed by atoms with Crippen molar-refractivity contribution >= 4 is 17.5 Å². The van der Waals surface area contributed by atoms with Gasteiger partial charge in [-0.1, -0.05) is 0 Å². The molecule has 0 aromatic heterocycles. The Labute approximate surface area is 87.8 Å². The number of anilines is 1. The summed E-state index contributed by atoms with van der Waals surface area (Å²) >= 11 is 0. The van der Waals surface area contributed by atoms with Gasteiger partial charge in [0, 0.05) is 24.3 Å². The molecular weight excluding hydrogens is 223 g/mol. The van der Waals surface area contributed by atoms with Crippen LogP contribution in [0.2, 0.25) is 0 Å². The number of carbonyl (C=O) groups excluding carboxylic acids is 2. The molecule has 0 bridgehead atoms. The Morgan fingerprint density at radius 3 is 1.75 bits per heavy atom. The molecule has 1 aliphatic heterocycles. The monoisotopic (exact) mass is 227 g/mol. The molecule has 82 valence electrons. The van der Waals surface area contributed by atoms with E-state index in [1.165, 1.54) is 0 Å². The first-order valence-corrected chi connectivity index (χ1v) is 4.21. The minimum atomic E-state index is -1.64. The molecule has 0 saturated carbocycles. The van der Waals surface area contributed by atoms with E-state index in [0.717, 1.165) is 12.2 Å². The summed E-state index contributed by atoms with van der Waals surface area (Å²) in [6, 6.07) is 1.17. The van der Waals surface area contributed by atoms with Crippen LogP contribution in [-0.4, -0.2) is 11.8 Å². The molecule has 3 nitrogen and oxygen atoms in total. The predicted molar refractivity (Wildman–Crippen MR) is 47.9 cm³/mol. The first-order chi connectivity index (χ1) is 7.50. The lowest BCUT2D eigenvalue weighted by atomic mass is 10.2. The van der Waals surface area contributed by atoms with Gasteiger partial charge in [0.25, 0.3) is 11.8 Å². The molecule has 0 spiro atoms. The van der Waals surface area contributed by atoms with E-state index in [0.29, 0.717) is 17.0 Å². The second-order valence-corrected chi connectivity index (χ2v) is 3.07. The van der Waals surface area contributed by atoms with Crippen LogP contribution in [-0.2, 0) is 9.59 Å². The maximum atomic E-state index is 12.9. The van der Waals surface area contributed by atoms with Crippen LogP contribution in [0.4, 0.5) is 18.9 Å². The van der Waals surface area contributed by atoms with Crippen LogP contribution in [0.25, 0.3) is 0 Å². The molecule has 0 atom stereocenters. The highest BCUT2D eigenvalue weighted by molar-refractivity contribution is 6.28. The molecule has 16 heavy (non-hydrogen) atoms. The Hall–Kier alpha value is -2.11. The van der Waals surface area contributed by atoms with Gasteiger partial charge in [-0.25, -0.2) is 18.1 Å². The lowest BCUT2D eigenvalue weighted by molar-refractivity contribution is -0.119. The topological polar surface area (TPSA) is 37.4 Å². The van der Waals surface area contributed by atoms with E-state index in [4.69, 9.17) is 0 Å². The van der Waals surface area contributed by atoms with Crippen molar-refractivity contribution in [2.45, 2.75) is 0 Å². The SMILES string of the molecule is O=C1C=CC(=O)N1c1cc(F)c(F)c(F)c1. The highest BCUT2D eigenvalue weighted by atomic mass is 19.2. The third kappa shape index (κ3) is 1.48. The average Bonchev–Trinajstić information content (AvgIpc) is 2.54. The van der Waals surface area contributed by atoms with Crippen molar-refractivity contribution in [3.63, 3.8) is 0 Å². The first kappa shape index (κ1) is 10.4. The molecule has 1 aromatic rings. The van der Waals surface area contributed by atoms with Crippen LogP contribution < -0.4 is 4.90 Å². The maximum Gasteiger partial charge on any atom is 0.258 e. The van der Waals surface area contributed by atoms with Gasteiger partial charge in [-0.05, 0) is 0 Å². The molecule has 2 amide bonds. The zero-order valence-corrected chi connectivity index (χ0v) is 7.71. The summed E-state index contributed by atoms with van der Waals surface area (Å²) in [6.45, 7) is 0. The van der Waals surface area contributed by atoms with E-state index >= 15 is 0 Å². The molecule has 1 aliphatic rings. The Morgan fingerprint density at radius 1 is 0.875 bits per heavy atom. The predicted octanol–water partition coefficient (Wildman–Crippen LogP) is 1.53. The van der Waals surface area contributed by atoms with Gasteiger partial charge in [0.1, 0.15) is 0 Å². The zero-order valence-electron chi connectivity index (χ0n) is 7.71. The second-order valence-electron chi connectivity index (χ2n) is 3.07. The highest BCUT2D eigenvalue weighted by Gasteiger charge is 2.27. The Morgan fingerprint density at radius 2 is 1.31 bits per heavy atom. The number of halogens is 3. The summed E-state index contributed by atoms with van der Waals surface area (Å²) in [5, 5.41) is 0. The van der Waals surface area contributed by atoms with Crippen molar-refractivity contribution in [1.29, 1.82) is 0 Å². The quantitative estimate of drug-likeness (QED) is 0.539. The number of benzene rings is 1. The average molecular weight is 227 g/mol. The zero-order chi connectivity index (χ0) is 11.9. The number of hydrogen-bond donors (Lipinski definition) is 0. The van der Waals surface area contributed by atoms with Crippen LogP contribution in [0.3, 0.4) is 0 Å². The fourth-order valence-electron chi connectivity index (χ4n) is 1.33. The fourth-order valence-corrected chi connectivity index (χ4v) is 1.33. The van der Waals surface area contributed by atoms with Gasteiger partial charge in [-0.3, -0.25) is 9.59 Å². The van der Waals surface area contributed by atoms with Crippen molar-refractivity contribution < 1.29 is 22.8 Å². The van der Waals surface area contributed by atoms with Crippen LogP contribution in [0.5, 0.6) is 0 Å². The summed E-state index contributed by atoms with van der Waals surface area (Å²) in [5.74, 6) is -6.01. The summed E-state index contributed by atoms with van der Waals surface area (Å²) in [6.07, 6.45) is 1.92. The van der Waals surface area contributed by atoms with Gasteiger partial charge in [0.15, 0.2) is 17.5 Å². The van der Waals surface area contributed by atoms with Crippen LogP contribution >= 0.6 is 0 Å². The standard InChI is InChI=1S/C10H4F3NO2/c11-6-3-5(4-7(12)10(6)13)14-8(15)1-2-9(14)16/h1-4H. The third-order valence-corrected chi connectivity index (χ3v) is 2.04. The van der Waals surface area contributed by atoms with Gasteiger partial charge < -0.3 is 0 Å². The van der Waals surface area contributed by atoms with Gasteiger partial charge in [-0.2, -0.15) is 0 Å². The van der Waals surface area contributed by atoms with Gasteiger partial charge >= 0.3 is 0 Å². The van der Waals surface area contributed by atoms with E-state index < -0.39 is 29.3 Å². The van der Waals surface area contributed by atoms with E-state index in [2.05, 4.69) is 0 Å². The van der Waals surface area contributed by atoms with Crippen LogP contribution in [0.1, 0.15) is 0 Å². The molecule has 2 rings (SSSR count). The van der Waals surface area contributed by atoms with E-state index in [1.807, 2.05) is 0 Å². The second kappa shape index (κ2) is 3.48. The van der Waals surface area contributed by atoms with Gasteiger partial charge in [-0.15, -0.1) is 0 Å². The summed E-state index contributed by atoms with van der Waals surface area (Å²) in [4.78, 5) is 22.9. The molecule has 0 unspecified atom stereocenters. The fraction of sp³-hybridized carbons (Fsp3) is 0. The molecule has 0 radical (unpaired) electrons. The number of carbonyl (C=O) groups is 2. The molecule has 6 heteroatoms. The molecule has 0 aliphatic carbocycles. The van der Waals surface area contributed by atoms with Crippen molar-refractivity contribution in [2.24, 2.45) is 0 Å². The molecular formula is C10H4F3NO2. The Bertz CT molecular complexity index is 484. The number of imide groups is 1. The van der Waals surface area contributed by atoms with Gasteiger partial charge in [0.05, 0.1) is 5.69 Å². The van der Waals surface area contributed by atoms with Crippen molar-refractivity contribution in [3.8, 4) is 0 Å². The minimum absolute atomic E-state index is 0.337. The largest absolute Gasteiger partial charge is 0.269 e. The maximum absolute atomic E-state index is 12.9. The van der Waals surface area contributed by atoms with Crippen molar-refractivity contribution in [1.82, 2.24) is 0 Å². The Kier molecular flexibility index (Phi) is 2.26. The van der Waals surface area contributed by atoms with E-state index in [1.54, 1.807) is 0 Å². The molecule has 1 aromatic carbocycles.